The van der Waals surface area contributed by atoms with E-state index in [0.29, 0.717) is 11.6 Å². The molecule has 3 heteroatoms. The molecule has 1 aliphatic rings. The maximum Gasteiger partial charge on any atom is 0.130 e. The van der Waals surface area contributed by atoms with Gasteiger partial charge in [0.1, 0.15) is 5.82 Å². The molecule has 80 valence electrons. The van der Waals surface area contributed by atoms with Crippen LogP contribution >= 0.6 is 15.9 Å². The number of hydrogen-bond donors (Lipinski definition) is 1. The van der Waals surface area contributed by atoms with Crippen LogP contribution in [0.2, 0.25) is 0 Å². The summed E-state index contributed by atoms with van der Waals surface area (Å²) in [5, 5.41) is 3.34. The number of benzene rings is 1. The van der Waals surface area contributed by atoms with Crippen LogP contribution in [0.3, 0.4) is 0 Å². The molecule has 15 heavy (non-hydrogen) atoms. The molecular weight excluding hydrogens is 257 g/mol. The van der Waals surface area contributed by atoms with Gasteiger partial charge >= 0.3 is 0 Å². The van der Waals surface area contributed by atoms with Crippen LogP contribution < -0.4 is 5.32 Å². The minimum absolute atomic E-state index is 0.174. The van der Waals surface area contributed by atoms with Gasteiger partial charge in [0, 0.05) is 16.1 Å². The minimum atomic E-state index is -0.174. The van der Waals surface area contributed by atoms with Gasteiger partial charge < -0.3 is 5.32 Å². The molecule has 0 radical (unpaired) electrons. The normalized spacial score (nSPS) is 21.3. The first-order valence-corrected chi connectivity index (χ1v) is 5.91. The van der Waals surface area contributed by atoms with Gasteiger partial charge in [-0.1, -0.05) is 28.1 Å². The van der Waals surface area contributed by atoms with Crippen molar-refractivity contribution in [2.45, 2.75) is 18.9 Å². The van der Waals surface area contributed by atoms with Gasteiger partial charge in [0.05, 0.1) is 0 Å². The SMILES string of the molecule is Fc1ccc(Br)cc1/C=C/C1CCCN1. The molecule has 0 bridgehead atoms. The Labute approximate surface area is 97.5 Å². The monoisotopic (exact) mass is 269 g/mol. The largest absolute Gasteiger partial charge is 0.311 e. The Hall–Kier alpha value is -0.670. The average molecular weight is 270 g/mol. The van der Waals surface area contributed by atoms with Crippen molar-refractivity contribution in [2.75, 3.05) is 6.54 Å². The summed E-state index contributed by atoms with van der Waals surface area (Å²) in [6.45, 7) is 1.07. The summed E-state index contributed by atoms with van der Waals surface area (Å²) in [4.78, 5) is 0. The van der Waals surface area contributed by atoms with Crippen LogP contribution in [0.4, 0.5) is 4.39 Å². The average Bonchev–Trinajstić information content (AvgIpc) is 2.72. The number of hydrogen-bond acceptors (Lipinski definition) is 1. The van der Waals surface area contributed by atoms with Crippen LogP contribution in [-0.2, 0) is 0 Å². The molecule has 1 aromatic carbocycles. The Balaban J connectivity index is 2.11. The van der Waals surface area contributed by atoms with Crippen molar-refractivity contribution < 1.29 is 4.39 Å². The molecule has 0 amide bonds. The van der Waals surface area contributed by atoms with Gasteiger partial charge in [-0.25, -0.2) is 4.39 Å². The Kier molecular flexibility index (Phi) is 3.54. The molecule has 2 rings (SSSR count). The highest BCUT2D eigenvalue weighted by molar-refractivity contribution is 9.10. The third kappa shape index (κ3) is 2.89. The molecule has 1 saturated heterocycles. The minimum Gasteiger partial charge on any atom is -0.311 e. The Bertz CT molecular complexity index is 370. The molecule has 1 atom stereocenters. The molecule has 0 aromatic heterocycles. The fourth-order valence-corrected chi connectivity index (χ4v) is 2.12. The first-order chi connectivity index (χ1) is 7.25. The van der Waals surface area contributed by atoms with Crippen LogP contribution in [0.5, 0.6) is 0 Å². The third-order valence-corrected chi connectivity index (χ3v) is 3.06. The van der Waals surface area contributed by atoms with Crippen LogP contribution in [0.15, 0.2) is 28.7 Å². The lowest BCUT2D eigenvalue weighted by atomic mass is 10.1. The van der Waals surface area contributed by atoms with E-state index < -0.39 is 0 Å². The van der Waals surface area contributed by atoms with E-state index in [1.165, 1.54) is 12.5 Å². The second kappa shape index (κ2) is 4.90. The molecule has 1 unspecified atom stereocenters. The maximum absolute atomic E-state index is 13.4. The first kappa shape index (κ1) is 10.8. The van der Waals surface area contributed by atoms with E-state index in [2.05, 4.69) is 21.2 Å². The van der Waals surface area contributed by atoms with E-state index in [1.807, 2.05) is 12.2 Å². The van der Waals surface area contributed by atoms with Crippen molar-refractivity contribution in [1.82, 2.24) is 5.32 Å². The van der Waals surface area contributed by atoms with E-state index in [4.69, 9.17) is 0 Å². The van der Waals surface area contributed by atoms with Gasteiger partial charge in [-0.3, -0.25) is 0 Å². The third-order valence-electron chi connectivity index (χ3n) is 2.56. The van der Waals surface area contributed by atoms with E-state index >= 15 is 0 Å². The second-order valence-corrected chi connectivity index (χ2v) is 4.64. The summed E-state index contributed by atoms with van der Waals surface area (Å²) in [6.07, 6.45) is 6.24. The zero-order chi connectivity index (χ0) is 10.7. The Morgan fingerprint density at radius 2 is 2.33 bits per heavy atom. The van der Waals surface area contributed by atoms with Crippen molar-refractivity contribution in [2.24, 2.45) is 0 Å². The van der Waals surface area contributed by atoms with Crippen molar-refractivity contribution in [3.8, 4) is 0 Å². The summed E-state index contributed by atoms with van der Waals surface area (Å²) in [5.74, 6) is -0.174. The molecule has 1 aromatic rings. The van der Waals surface area contributed by atoms with Crippen molar-refractivity contribution in [3.05, 3.63) is 40.1 Å². The van der Waals surface area contributed by atoms with Crippen molar-refractivity contribution in [3.63, 3.8) is 0 Å². The van der Waals surface area contributed by atoms with E-state index in [0.717, 1.165) is 17.4 Å². The summed E-state index contributed by atoms with van der Waals surface area (Å²) in [5.41, 5.74) is 0.637. The number of nitrogens with one attached hydrogen (secondary N) is 1. The number of rotatable bonds is 2. The van der Waals surface area contributed by atoms with Gasteiger partial charge in [-0.05, 0) is 37.6 Å². The number of halogens is 2. The predicted octanol–water partition coefficient (Wildman–Crippen LogP) is 3.35. The van der Waals surface area contributed by atoms with E-state index in [9.17, 15) is 4.39 Å². The fraction of sp³-hybridized carbons (Fsp3) is 0.333. The van der Waals surface area contributed by atoms with E-state index in [-0.39, 0.29) is 5.82 Å². The zero-order valence-corrected chi connectivity index (χ0v) is 9.93. The lowest BCUT2D eigenvalue weighted by molar-refractivity contribution is 0.624. The van der Waals surface area contributed by atoms with Crippen LogP contribution in [0.1, 0.15) is 18.4 Å². The van der Waals surface area contributed by atoms with Gasteiger partial charge in [0.15, 0.2) is 0 Å². The van der Waals surface area contributed by atoms with Gasteiger partial charge in [0.25, 0.3) is 0 Å². The smallest absolute Gasteiger partial charge is 0.130 e. The van der Waals surface area contributed by atoms with Crippen LogP contribution in [0, 0.1) is 5.82 Å². The fourth-order valence-electron chi connectivity index (χ4n) is 1.74. The molecule has 0 spiro atoms. The van der Waals surface area contributed by atoms with Gasteiger partial charge in [-0.15, -0.1) is 0 Å². The summed E-state index contributed by atoms with van der Waals surface area (Å²) in [6, 6.07) is 5.39. The second-order valence-electron chi connectivity index (χ2n) is 3.73. The summed E-state index contributed by atoms with van der Waals surface area (Å²) >= 11 is 3.33. The lowest BCUT2D eigenvalue weighted by Gasteiger charge is -2.03. The topological polar surface area (TPSA) is 12.0 Å². The Morgan fingerprint density at radius 3 is 3.07 bits per heavy atom. The van der Waals surface area contributed by atoms with E-state index in [1.54, 1.807) is 12.1 Å². The molecule has 0 saturated carbocycles. The maximum atomic E-state index is 13.4. The first-order valence-electron chi connectivity index (χ1n) is 5.12. The van der Waals surface area contributed by atoms with Crippen molar-refractivity contribution >= 4 is 22.0 Å². The molecule has 1 nitrogen and oxygen atoms in total. The molecule has 1 N–H and O–H groups in total. The van der Waals surface area contributed by atoms with Crippen molar-refractivity contribution in [1.29, 1.82) is 0 Å². The molecule has 1 fully saturated rings. The van der Waals surface area contributed by atoms with Crippen LogP contribution in [0.25, 0.3) is 6.08 Å². The zero-order valence-electron chi connectivity index (χ0n) is 8.34. The summed E-state index contributed by atoms with van der Waals surface area (Å²) < 4.78 is 14.3. The van der Waals surface area contributed by atoms with Crippen LogP contribution in [-0.4, -0.2) is 12.6 Å². The molecule has 1 aliphatic heterocycles. The highest BCUT2D eigenvalue weighted by Crippen LogP contribution is 2.17. The molecule has 0 aliphatic carbocycles. The Morgan fingerprint density at radius 1 is 1.47 bits per heavy atom. The molecule has 1 heterocycles. The predicted molar refractivity (Wildman–Crippen MR) is 64.2 cm³/mol. The highest BCUT2D eigenvalue weighted by atomic mass is 79.9. The van der Waals surface area contributed by atoms with Gasteiger partial charge in [0.2, 0.25) is 0 Å². The highest BCUT2D eigenvalue weighted by Gasteiger charge is 2.10. The lowest BCUT2D eigenvalue weighted by Crippen LogP contribution is -2.17. The quantitative estimate of drug-likeness (QED) is 0.869. The standard InChI is InChI=1S/C12H13BrFN/c13-10-4-6-12(14)9(8-10)3-5-11-2-1-7-15-11/h3-6,8,11,15H,1-2,7H2/b5-3+. The summed E-state index contributed by atoms with van der Waals surface area (Å²) in [7, 11) is 0. The molecular formula is C12H13BrFN. The van der Waals surface area contributed by atoms with Gasteiger partial charge in [-0.2, -0.15) is 0 Å².